The van der Waals surface area contributed by atoms with E-state index >= 15 is 0 Å². The van der Waals surface area contributed by atoms with Gasteiger partial charge in [-0.25, -0.2) is 9.18 Å². The number of amides is 1. The molecule has 0 saturated carbocycles. The molecule has 2 aromatic rings. The van der Waals surface area contributed by atoms with Crippen LogP contribution in [0.15, 0.2) is 48.5 Å². The van der Waals surface area contributed by atoms with E-state index in [9.17, 15) is 18.8 Å². The highest BCUT2D eigenvalue weighted by Gasteiger charge is 2.27. The second-order valence-corrected chi connectivity index (χ2v) is 6.55. The minimum atomic E-state index is -0.905. The van der Waals surface area contributed by atoms with Crippen molar-refractivity contribution in [2.45, 2.75) is 26.8 Å². The molecule has 0 aliphatic carbocycles. The maximum Gasteiger partial charge on any atom is 0.329 e. The molecule has 0 saturated heterocycles. The smallest absolute Gasteiger partial charge is 0.329 e. The lowest BCUT2D eigenvalue weighted by Gasteiger charge is -2.21. The van der Waals surface area contributed by atoms with E-state index in [1.807, 2.05) is 6.07 Å². The van der Waals surface area contributed by atoms with Crippen LogP contribution in [-0.4, -0.2) is 30.3 Å². The monoisotopic (exact) mass is 371 g/mol. The van der Waals surface area contributed by atoms with Crippen LogP contribution in [-0.2, 0) is 9.53 Å². The Balaban J connectivity index is 2.01. The zero-order valence-electron chi connectivity index (χ0n) is 15.5. The highest BCUT2D eigenvalue weighted by atomic mass is 19.1. The largest absolute Gasteiger partial charge is 0.456 e. The Morgan fingerprint density at radius 3 is 2.41 bits per heavy atom. The van der Waals surface area contributed by atoms with Crippen LogP contribution in [0.4, 0.5) is 4.39 Å². The molecule has 1 N–H and O–H groups in total. The summed E-state index contributed by atoms with van der Waals surface area (Å²) < 4.78 is 18.3. The Labute approximate surface area is 157 Å². The van der Waals surface area contributed by atoms with Gasteiger partial charge >= 0.3 is 5.97 Å². The first-order valence-corrected chi connectivity index (χ1v) is 8.61. The molecule has 0 spiro atoms. The van der Waals surface area contributed by atoms with E-state index in [1.54, 1.807) is 39.0 Å². The third-order valence-electron chi connectivity index (χ3n) is 4.09. The Morgan fingerprint density at radius 2 is 1.78 bits per heavy atom. The molecule has 0 unspecified atom stereocenters. The lowest BCUT2D eigenvalue weighted by Crippen LogP contribution is -2.45. The van der Waals surface area contributed by atoms with Crippen LogP contribution in [0.1, 0.15) is 40.1 Å². The van der Waals surface area contributed by atoms with Crippen molar-refractivity contribution in [1.29, 1.82) is 0 Å². The summed E-state index contributed by atoms with van der Waals surface area (Å²) in [7, 11) is 0. The molecular weight excluding hydrogens is 349 g/mol. The van der Waals surface area contributed by atoms with Gasteiger partial charge in [-0.2, -0.15) is 0 Å². The van der Waals surface area contributed by atoms with Gasteiger partial charge in [-0.3, -0.25) is 9.59 Å². The zero-order chi connectivity index (χ0) is 20.0. The number of benzene rings is 2. The van der Waals surface area contributed by atoms with Crippen molar-refractivity contribution in [3.8, 4) is 0 Å². The number of carbonyl (C=O) groups excluding carboxylic acids is 3. The lowest BCUT2D eigenvalue weighted by atomic mass is 10.0. The van der Waals surface area contributed by atoms with E-state index in [0.29, 0.717) is 5.56 Å². The molecule has 2 rings (SSSR count). The molecule has 0 aromatic heterocycles. The molecule has 0 aliphatic rings. The predicted molar refractivity (Wildman–Crippen MR) is 99.0 cm³/mol. The van der Waals surface area contributed by atoms with Gasteiger partial charge in [-0.05, 0) is 36.6 Å². The average molecular weight is 371 g/mol. The Bertz CT molecular complexity index is 848. The van der Waals surface area contributed by atoms with Crippen LogP contribution in [0.2, 0.25) is 0 Å². The summed E-state index contributed by atoms with van der Waals surface area (Å²) >= 11 is 0. The Hall–Kier alpha value is -3.02. The number of carbonyl (C=O) groups is 3. The summed E-state index contributed by atoms with van der Waals surface area (Å²) in [6.45, 7) is 4.80. The fourth-order valence-corrected chi connectivity index (χ4v) is 2.52. The zero-order valence-corrected chi connectivity index (χ0v) is 15.5. The molecule has 0 radical (unpaired) electrons. The molecule has 2 aromatic carbocycles. The van der Waals surface area contributed by atoms with Crippen LogP contribution in [0, 0.1) is 18.7 Å². The fraction of sp³-hybridized carbons (Fsp3) is 0.286. The number of ether oxygens (including phenoxy) is 1. The van der Waals surface area contributed by atoms with Crippen molar-refractivity contribution >= 4 is 17.7 Å². The Morgan fingerprint density at radius 1 is 1.07 bits per heavy atom. The van der Waals surface area contributed by atoms with Crippen LogP contribution in [0.5, 0.6) is 0 Å². The van der Waals surface area contributed by atoms with Crippen LogP contribution < -0.4 is 5.32 Å². The van der Waals surface area contributed by atoms with Crippen molar-refractivity contribution in [2.75, 3.05) is 6.61 Å². The van der Waals surface area contributed by atoms with Crippen LogP contribution in [0.25, 0.3) is 0 Å². The Kier molecular flexibility index (Phi) is 6.82. The van der Waals surface area contributed by atoms with E-state index < -0.39 is 30.2 Å². The van der Waals surface area contributed by atoms with Crippen molar-refractivity contribution in [2.24, 2.45) is 5.92 Å². The third kappa shape index (κ3) is 5.48. The SMILES string of the molecule is Cc1ccccc1C(=O)N[C@H](C(=O)OCC(=O)c1cccc(F)c1)C(C)C. The van der Waals surface area contributed by atoms with Gasteiger partial charge in [-0.1, -0.05) is 44.2 Å². The molecule has 1 amide bonds. The van der Waals surface area contributed by atoms with E-state index in [0.717, 1.165) is 11.6 Å². The van der Waals surface area contributed by atoms with Gasteiger partial charge in [-0.15, -0.1) is 0 Å². The number of rotatable bonds is 7. The first-order chi connectivity index (χ1) is 12.8. The van der Waals surface area contributed by atoms with Gasteiger partial charge in [0, 0.05) is 11.1 Å². The molecule has 27 heavy (non-hydrogen) atoms. The topological polar surface area (TPSA) is 72.5 Å². The van der Waals surface area contributed by atoms with E-state index in [-0.39, 0.29) is 17.4 Å². The summed E-state index contributed by atoms with van der Waals surface area (Å²) in [5.41, 5.74) is 1.37. The summed E-state index contributed by atoms with van der Waals surface area (Å²) in [4.78, 5) is 36.9. The molecule has 142 valence electrons. The van der Waals surface area contributed by atoms with Crippen molar-refractivity contribution < 1.29 is 23.5 Å². The predicted octanol–water partition coefficient (Wildman–Crippen LogP) is 3.31. The molecule has 0 aliphatic heterocycles. The molecule has 0 bridgehead atoms. The molecule has 5 nitrogen and oxygen atoms in total. The van der Waals surface area contributed by atoms with Crippen LogP contribution in [0.3, 0.4) is 0 Å². The van der Waals surface area contributed by atoms with Crippen molar-refractivity contribution in [3.05, 3.63) is 71.0 Å². The first kappa shape index (κ1) is 20.3. The fourth-order valence-electron chi connectivity index (χ4n) is 2.52. The number of nitrogens with one attached hydrogen (secondary N) is 1. The molecule has 1 atom stereocenters. The van der Waals surface area contributed by atoms with Gasteiger partial charge in [0.25, 0.3) is 5.91 Å². The molecule has 0 fully saturated rings. The number of Topliss-reactive ketones (excluding diaryl/α,β-unsaturated/α-hetero) is 1. The minimum absolute atomic E-state index is 0.118. The second kappa shape index (κ2) is 9.07. The normalized spacial score (nSPS) is 11.7. The number of halogens is 1. The van der Waals surface area contributed by atoms with Gasteiger partial charge < -0.3 is 10.1 Å². The summed E-state index contributed by atoms with van der Waals surface area (Å²) in [6, 6.07) is 11.3. The summed E-state index contributed by atoms with van der Waals surface area (Å²) in [5.74, 6) is -2.40. The number of esters is 1. The van der Waals surface area contributed by atoms with Gasteiger partial charge in [0.05, 0.1) is 0 Å². The molecule has 6 heteroatoms. The maximum atomic E-state index is 13.2. The number of hydrogen-bond acceptors (Lipinski definition) is 4. The van der Waals surface area contributed by atoms with Gasteiger partial charge in [0.1, 0.15) is 11.9 Å². The van der Waals surface area contributed by atoms with E-state index in [1.165, 1.54) is 18.2 Å². The molecular formula is C21H22FNO4. The van der Waals surface area contributed by atoms with Crippen molar-refractivity contribution in [1.82, 2.24) is 5.32 Å². The number of hydrogen-bond donors (Lipinski definition) is 1. The quantitative estimate of drug-likeness (QED) is 0.599. The maximum absolute atomic E-state index is 13.2. The lowest BCUT2D eigenvalue weighted by molar-refractivity contribution is -0.145. The van der Waals surface area contributed by atoms with Gasteiger partial charge in [0.2, 0.25) is 0 Å². The summed E-state index contributed by atoms with van der Waals surface area (Å²) in [5, 5.41) is 2.66. The highest BCUT2D eigenvalue weighted by Crippen LogP contribution is 2.11. The summed E-state index contributed by atoms with van der Waals surface area (Å²) in [6.07, 6.45) is 0. The van der Waals surface area contributed by atoms with Gasteiger partial charge in [0.15, 0.2) is 12.4 Å². The van der Waals surface area contributed by atoms with Crippen molar-refractivity contribution in [3.63, 3.8) is 0 Å². The first-order valence-electron chi connectivity index (χ1n) is 8.61. The van der Waals surface area contributed by atoms with E-state index in [2.05, 4.69) is 5.32 Å². The van der Waals surface area contributed by atoms with Crippen LogP contribution >= 0.6 is 0 Å². The second-order valence-electron chi connectivity index (χ2n) is 6.55. The number of ketones is 1. The number of aryl methyl sites for hydroxylation is 1. The highest BCUT2D eigenvalue weighted by molar-refractivity contribution is 5.99. The standard InChI is InChI=1S/C21H22FNO4/c1-13(2)19(23-20(25)17-10-5-4-7-14(17)3)21(26)27-12-18(24)15-8-6-9-16(22)11-15/h4-11,13,19H,12H2,1-3H3,(H,23,25)/t19-/m0/s1. The minimum Gasteiger partial charge on any atom is -0.456 e. The third-order valence-corrected chi connectivity index (χ3v) is 4.09. The average Bonchev–Trinajstić information content (AvgIpc) is 2.63. The molecule has 0 heterocycles. The van der Waals surface area contributed by atoms with E-state index in [4.69, 9.17) is 4.74 Å².